The quantitative estimate of drug-likeness (QED) is 0.280. The van der Waals surface area contributed by atoms with Crippen molar-refractivity contribution in [2.75, 3.05) is 6.61 Å². The second-order valence-electron chi connectivity index (χ2n) is 7.12. The first-order chi connectivity index (χ1) is 16.5. The molecule has 0 saturated carbocycles. The molecule has 0 saturated heterocycles. The fraction of sp³-hybridized carbons (Fsp3) is 0.120. The number of aromatic nitrogens is 2. The van der Waals surface area contributed by atoms with E-state index in [4.69, 9.17) is 14.2 Å². The summed E-state index contributed by atoms with van der Waals surface area (Å²) in [5, 5.41) is 0. The highest BCUT2D eigenvalue weighted by Crippen LogP contribution is 2.26. The first kappa shape index (κ1) is 23.0. The molecule has 4 aromatic rings. The summed E-state index contributed by atoms with van der Waals surface area (Å²) in [7, 11) is 0. The lowest BCUT2D eigenvalue weighted by atomic mass is 10.1. The Balaban J connectivity index is 1.33. The summed E-state index contributed by atoms with van der Waals surface area (Å²) in [4.78, 5) is 7.72. The average molecular weight is 470 g/mol. The summed E-state index contributed by atoms with van der Waals surface area (Å²) < 4.78 is 70.8. The minimum absolute atomic E-state index is 0.00881. The van der Waals surface area contributed by atoms with Gasteiger partial charge in [-0.3, -0.25) is 0 Å². The molecule has 0 aliphatic rings. The Morgan fingerprint density at radius 2 is 1.53 bits per heavy atom. The third-order valence-corrected chi connectivity index (χ3v) is 4.65. The number of halogens is 4. The molecule has 0 N–H and O–H groups in total. The zero-order valence-corrected chi connectivity index (χ0v) is 17.7. The lowest BCUT2D eigenvalue weighted by molar-refractivity contribution is 0.254. The van der Waals surface area contributed by atoms with Gasteiger partial charge in [-0.05, 0) is 35.4 Å². The van der Waals surface area contributed by atoms with Crippen molar-refractivity contribution >= 4 is 0 Å². The van der Waals surface area contributed by atoms with Gasteiger partial charge in [0.25, 0.3) is 5.88 Å². The summed E-state index contributed by atoms with van der Waals surface area (Å²) in [6, 6.07) is 16.3. The molecule has 0 atom stereocenters. The van der Waals surface area contributed by atoms with Crippen LogP contribution in [-0.4, -0.2) is 16.6 Å². The van der Waals surface area contributed by atoms with E-state index < -0.39 is 23.3 Å². The molecule has 0 unspecified atom stereocenters. The van der Waals surface area contributed by atoms with Crippen LogP contribution in [0.5, 0.6) is 23.4 Å². The molecule has 0 amide bonds. The summed E-state index contributed by atoms with van der Waals surface area (Å²) in [6.45, 7) is 0.221. The van der Waals surface area contributed by atoms with Crippen LogP contribution in [0.4, 0.5) is 17.6 Å². The maximum absolute atomic E-state index is 14.4. The fourth-order valence-electron chi connectivity index (χ4n) is 2.94. The molecule has 1 aromatic heterocycles. The molecule has 0 aliphatic heterocycles. The SMILES string of the molecule is Fc1ccc(Oc2ccc(CCOc3nc(OCc4ccccc4)ncc3F)cc2F)cc1F. The van der Waals surface area contributed by atoms with E-state index in [1.54, 1.807) is 6.07 Å². The molecule has 0 aliphatic carbocycles. The van der Waals surface area contributed by atoms with E-state index in [1.165, 1.54) is 18.2 Å². The van der Waals surface area contributed by atoms with Crippen molar-refractivity contribution < 1.29 is 31.8 Å². The van der Waals surface area contributed by atoms with Gasteiger partial charge in [-0.25, -0.2) is 18.2 Å². The molecule has 0 fully saturated rings. The Morgan fingerprint density at radius 3 is 2.29 bits per heavy atom. The van der Waals surface area contributed by atoms with Crippen molar-refractivity contribution in [3.05, 3.63) is 107 Å². The predicted octanol–water partition coefficient (Wildman–Crippen LogP) is 6.03. The van der Waals surface area contributed by atoms with Crippen LogP contribution in [0.3, 0.4) is 0 Å². The number of rotatable bonds is 9. The van der Waals surface area contributed by atoms with Crippen molar-refractivity contribution in [3.63, 3.8) is 0 Å². The zero-order chi connectivity index (χ0) is 23.9. The van der Waals surface area contributed by atoms with Gasteiger partial charge in [-0.1, -0.05) is 36.4 Å². The lowest BCUT2D eigenvalue weighted by Gasteiger charge is -2.10. The van der Waals surface area contributed by atoms with Crippen molar-refractivity contribution in [3.8, 4) is 23.4 Å². The van der Waals surface area contributed by atoms with E-state index in [1.807, 2.05) is 30.3 Å². The minimum Gasteiger partial charge on any atom is -0.475 e. The molecule has 4 rings (SSSR count). The Kier molecular flexibility index (Phi) is 7.22. The van der Waals surface area contributed by atoms with E-state index >= 15 is 0 Å². The van der Waals surface area contributed by atoms with Crippen LogP contribution < -0.4 is 14.2 Å². The summed E-state index contributed by atoms with van der Waals surface area (Å²) in [5.41, 5.74) is 1.45. The summed E-state index contributed by atoms with van der Waals surface area (Å²) >= 11 is 0. The van der Waals surface area contributed by atoms with E-state index in [9.17, 15) is 17.6 Å². The van der Waals surface area contributed by atoms with Crippen LogP contribution in [0.2, 0.25) is 0 Å². The van der Waals surface area contributed by atoms with Gasteiger partial charge in [-0.2, -0.15) is 9.37 Å². The van der Waals surface area contributed by atoms with E-state index in [2.05, 4.69) is 9.97 Å². The van der Waals surface area contributed by atoms with E-state index in [0.29, 0.717) is 5.56 Å². The molecular formula is C25H18F4N2O3. The molecule has 3 aromatic carbocycles. The highest BCUT2D eigenvalue weighted by atomic mass is 19.2. The smallest absolute Gasteiger partial charge is 0.320 e. The van der Waals surface area contributed by atoms with E-state index in [0.717, 1.165) is 23.9 Å². The van der Waals surface area contributed by atoms with Crippen LogP contribution in [0.15, 0.2) is 72.9 Å². The first-order valence-corrected chi connectivity index (χ1v) is 10.2. The molecular weight excluding hydrogens is 452 g/mol. The third-order valence-electron chi connectivity index (χ3n) is 4.65. The molecule has 174 valence electrons. The Morgan fingerprint density at radius 1 is 0.706 bits per heavy atom. The largest absolute Gasteiger partial charge is 0.475 e. The highest BCUT2D eigenvalue weighted by molar-refractivity contribution is 5.35. The topological polar surface area (TPSA) is 53.5 Å². The van der Waals surface area contributed by atoms with Gasteiger partial charge >= 0.3 is 6.01 Å². The van der Waals surface area contributed by atoms with Crippen molar-refractivity contribution in [1.82, 2.24) is 9.97 Å². The van der Waals surface area contributed by atoms with Crippen LogP contribution in [0, 0.1) is 23.3 Å². The van der Waals surface area contributed by atoms with Gasteiger partial charge in [-0.15, -0.1) is 0 Å². The normalized spacial score (nSPS) is 10.7. The molecule has 0 radical (unpaired) electrons. The number of hydrogen-bond acceptors (Lipinski definition) is 5. The Labute approximate surface area is 192 Å². The fourth-order valence-corrected chi connectivity index (χ4v) is 2.94. The van der Waals surface area contributed by atoms with Crippen LogP contribution in [0.25, 0.3) is 0 Å². The molecule has 5 nitrogen and oxygen atoms in total. The highest BCUT2D eigenvalue weighted by Gasteiger charge is 2.12. The predicted molar refractivity (Wildman–Crippen MR) is 115 cm³/mol. The van der Waals surface area contributed by atoms with Gasteiger partial charge in [0.2, 0.25) is 5.82 Å². The maximum Gasteiger partial charge on any atom is 0.320 e. The van der Waals surface area contributed by atoms with Gasteiger partial charge in [0.05, 0.1) is 12.8 Å². The lowest BCUT2D eigenvalue weighted by Crippen LogP contribution is -2.07. The molecule has 34 heavy (non-hydrogen) atoms. The Hall–Kier alpha value is -4.14. The average Bonchev–Trinajstić information content (AvgIpc) is 2.84. The van der Waals surface area contributed by atoms with Crippen LogP contribution >= 0.6 is 0 Å². The number of ether oxygens (including phenoxy) is 3. The molecule has 0 bridgehead atoms. The van der Waals surface area contributed by atoms with Gasteiger partial charge in [0.15, 0.2) is 23.2 Å². The maximum atomic E-state index is 14.4. The van der Waals surface area contributed by atoms with Gasteiger partial charge < -0.3 is 14.2 Å². The number of nitrogens with zero attached hydrogens (tertiary/aromatic N) is 2. The monoisotopic (exact) mass is 470 g/mol. The minimum atomic E-state index is -1.10. The van der Waals surface area contributed by atoms with Crippen molar-refractivity contribution in [2.45, 2.75) is 13.0 Å². The van der Waals surface area contributed by atoms with Crippen molar-refractivity contribution in [1.29, 1.82) is 0 Å². The standard InChI is InChI=1S/C25H18F4N2O3/c26-19-8-7-18(13-20(19)27)34-23-9-6-16(12-21(23)28)10-11-32-24-22(29)14-30-25(31-24)33-15-17-4-2-1-3-5-17/h1-9,12-14H,10-11,15H2. The van der Waals surface area contributed by atoms with E-state index in [-0.39, 0.29) is 43.0 Å². The second kappa shape index (κ2) is 10.7. The number of hydrogen-bond donors (Lipinski definition) is 0. The Bertz CT molecular complexity index is 1270. The second-order valence-corrected chi connectivity index (χ2v) is 7.12. The molecule has 1 heterocycles. The molecule has 0 spiro atoms. The summed E-state index contributed by atoms with van der Waals surface area (Å²) in [5.74, 6) is -4.07. The van der Waals surface area contributed by atoms with Crippen molar-refractivity contribution in [2.24, 2.45) is 0 Å². The first-order valence-electron chi connectivity index (χ1n) is 10.2. The van der Waals surface area contributed by atoms with Crippen LogP contribution in [-0.2, 0) is 13.0 Å². The van der Waals surface area contributed by atoms with Gasteiger partial charge in [0, 0.05) is 12.5 Å². The summed E-state index contributed by atoms with van der Waals surface area (Å²) in [6.07, 6.45) is 1.19. The number of benzene rings is 3. The van der Waals surface area contributed by atoms with Gasteiger partial charge in [0.1, 0.15) is 12.4 Å². The zero-order valence-electron chi connectivity index (χ0n) is 17.7. The molecule has 9 heteroatoms. The third kappa shape index (κ3) is 6.00. The van der Waals surface area contributed by atoms with Crippen LogP contribution in [0.1, 0.15) is 11.1 Å².